The van der Waals surface area contributed by atoms with Crippen LogP contribution in [0.15, 0.2) is 46.6 Å². The third kappa shape index (κ3) is 6.14. The fraction of sp³-hybridized carbons (Fsp3) is 0.346. The van der Waals surface area contributed by atoms with E-state index in [0.29, 0.717) is 49.9 Å². The number of nitrogens with one attached hydrogen (secondary N) is 1. The van der Waals surface area contributed by atoms with Gasteiger partial charge < -0.3 is 24.6 Å². The van der Waals surface area contributed by atoms with E-state index in [2.05, 4.69) is 32.1 Å². The summed E-state index contributed by atoms with van der Waals surface area (Å²) < 4.78 is 27.9. The molecule has 2 aromatic heterocycles. The number of aromatic nitrogens is 3. The zero-order chi connectivity index (χ0) is 27.1. The Morgan fingerprint density at radius 1 is 1.26 bits per heavy atom. The lowest BCUT2D eigenvalue weighted by molar-refractivity contribution is -0.130. The van der Waals surface area contributed by atoms with Crippen LogP contribution in [0.3, 0.4) is 0 Å². The first kappa shape index (κ1) is 26.7. The highest BCUT2D eigenvalue weighted by Crippen LogP contribution is 2.38. The maximum Gasteiger partial charge on any atom is 0.242 e. The van der Waals surface area contributed by atoms with Crippen LogP contribution in [0.2, 0.25) is 0 Å². The summed E-state index contributed by atoms with van der Waals surface area (Å²) in [7, 11) is 4.69. The molecule has 1 aromatic carbocycles. The van der Waals surface area contributed by atoms with Gasteiger partial charge in [-0.1, -0.05) is 0 Å². The topological polar surface area (TPSA) is 109 Å². The molecule has 1 amide bonds. The zero-order valence-electron chi connectivity index (χ0n) is 21.7. The van der Waals surface area contributed by atoms with E-state index >= 15 is 4.39 Å². The first-order valence-electron chi connectivity index (χ1n) is 12.1. The van der Waals surface area contributed by atoms with Crippen LogP contribution in [0, 0.1) is 5.82 Å². The molecule has 0 atom stereocenters. The van der Waals surface area contributed by atoms with E-state index < -0.39 is 5.82 Å². The Hall–Kier alpha value is -4.32. The number of aliphatic imine (C=N–C) groups is 2. The summed E-state index contributed by atoms with van der Waals surface area (Å²) in [6.45, 7) is 5.99. The number of amides is 1. The van der Waals surface area contributed by atoms with Crippen LogP contribution in [-0.4, -0.2) is 85.4 Å². The van der Waals surface area contributed by atoms with E-state index in [4.69, 9.17) is 9.47 Å². The fourth-order valence-corrected chi connectivity index (χ4v) is 4.09. The number of hydrogen-bond acceptors (Lipinski definition) is 9. The fourth-order valence-electron chi connectivity index (χ4n) is 4.09. The molecule has 3 aromatic rings. The molecule has 3 heterocycles. The molecule has 11 nitrogen and oxygen atoms in total. The van der Waals surface area contributed by atoms with Crippen molar-refractivity contribution in [1.82, 2.24) is 25.0 Å². The van der Waals surface area contributed by atoms with Gasteiger partial charge in [0.25, 0.3) is 0 Å². The first-order valence-corrected chi connectivity index (χ1v) is 12.1. The SMILES string of the molecule is C=Nc1nc(N(CC(=O)N2CCNCC2)c2cc(OC)cc(OC)c2F)ccc1N=CCc1cnn(C)c1. The summed E-state index contributed by atoms with van der Waals surface area (Å²) >= 11 is 0. The van der Waals surface area contributed by atoms with Gasteiger partial charge in [-0.15, -0.1) is 0 Å². The number of carbonyl (C=O) groups is 1. The molecule has 0 unspecified atom stereocenters. The monoisotopic (exact) mass is 522 g/mol. The lowest BCUT2D eigenvalue weighted by atomic mass is 10.2. The van der Waals surface area contributed by atoms with Crippen molar-refractivity contribution in [2.75, 3.05) is 51.8 Å². The Morgan fingerprint density at radius 3 is 2.71 bits per heavy atom. The van der Waals surface area contributed by atoms with E-state index in [9.17, 15) is 4.79 Å². The second kappa shape index (κ2) is 12.3. The van der Waals surface area contributed by atoms with E-state index in [1.54, 1.807) is 34.1 Å². The lowest BCUT2D eigenvalue weighted by Gasteiger charge is -2.31. The Balaban J connectivity index is 1.70. The summed E-state index contributed by atoms with van der Waals surface area (Å²) in [4.78, 5) is 29.6. The molecule has 0 bridgehead atoms. The molecule has 0 radical (unpaired) electrons. The van der Waals surface area contributed by atoms with E-state index in [0.717, 1.165) is 5.56 Å². The molecule has 4 rings (SSSR count). The van der Waals surface area contributed by atoms with Crippen LogP contribution in [0.5, 0.6) is 11.5 Å². The average Bonchev–Trinajstić information content (AvgIpc) is 3.37. The van der Waals surface area contributed by atoms with Gasteiger partial charge in [0.2, 0.25) is 5.91 Å². The molecule has 1 fully saturated rings. The molecule has 1 aliphatic heterocycles. The van der Waals surface area contributed by atoms with Gasteiger partial charge in [0.15, 0.2) is 17.4 Å². The number of ether oxygens (including phenoxy) is 2. The smallest absolute Gasteiger partial charge is 0.242 e. The van der Waals surface area contributed by atoms with Crippen molar-refractivity contribution >= 4 is 41.8 Å². The predicted molar refractivity (Wildman–Crippen MR) is 144 cm³/mol. The summed E-state index contributed by atoms with van der Waals surface area (Å²) in [5, 5.41) is 7.38. The normalized spacial score (nSPS) is 13.5. The second-order valence-electron chi connectivity index (χ2n) is 8.59. The van der Waals surface area contributed by atoms with Gasteiger partial charge in [0, 0.05) is 64.2 Å². The van der Waals surface area contributed by atoms with Crippen molar-refractivity contribution in [2.24, 2.45) is 17.0 Å². The number of pyridine rings is 1. The largest absolute Gasteiger partial charge is 0.497 e. The minimum atomic E-state index is -0.644. The molecule has 12 heteroatoms. The number of hydrogen-bond donors (Lipinski definition) is 1. The molecule has 38 heavy (non-hydrogen) atoms. The molecule has 200 valence electrons. The minimum Gasteiger partial charge on any atom is -0.497 e. The third-order valence-electron chi connectivity index (χ3n) is 6.08. The number of aryl methyl sites for hydroxylation is 1. The van der Waals surface area contributed by atoms with Crippen molar-refractivity contribution in [3.05, 3.63) is 48.0 Å². The van der Waals surface area contributed by atoms with Gasteiger partial charge in [-0.05, 0) is 24.4 Å². The summed E-state index contributed by atoms with van der Waals surface area (Å²) in [5.41, 5.74) is 1.58. The Labute approximate surface area is 220 Å². The molecule has 0 saturated carbocycles. The number of carbonyl (C=O) groups excluding carboxylic acids is 1. The highest BCUT2D eigenvalue weighted by atomic mass is 19.1. The van der Waals surface area contributed by atoms with Crippen LogP contribution in [0.1, 0.15) is 5.56 Å². The van der Waals surface area contributed by atoms with Gasteiger partial charge >= 0.3 is 0 Å². The lowest BCUT2D eigenvalue weighted by Crippen LogP contribution is -2.49. The van der Waals surface area contributed by atoms with E-state index in [-0.39, 0.29) is 29.7 Å². The Kier molecular flexibility index (Phi) is 8.64. The Morgan fingerprint density at radius 2 is 2.05 bits per heavy atom. The predicted octanol–water partition coefficient (Wildman–Crippen LogP) is 2.82. The summed E-state index contributed by atoms with van der Waals surface area (Å²) in [5.74, 6) is 0.0985. The molecular formula is C26H31FN8O3. The summed E-state index contributed by atoms with van der Waals surface area (Å²) in [6, 6.07) is 6.33. The number of benzene rings is 1. The van der Waals surface area contributed by atoms with Crippen LogP contribution < -0.4 is 19.7 Å². The number of halogens is 1. The van der Waals surface area contributed by atoms with Crippen molar-refractivity contribution in [3.63, 3.8) is 0 Å². The van der Waals surface area contributed by atoms with Crippen LogP contribution in [0.4, 0.5) is 27.4 Å². The van der Waals surface area contributed by atoms with Crippen molar-refractivity contribution in [1.29, 1.82) is 0 Å². The molecule has 0 spiro atoms. The van der Waals surface area contributed by atoms with Crippen molar-refractivity contribution in [3.8, 4) is 11.5 Å². The van der Waals surface area contributed by atoms with E-state index in [1.807, 2.05) is 13.2 Å². The summed E-state index contributed by atoms with van der Waals surface area (Å²) in [6.07, 6.45) is 5.99. The quantitative estimate of drug-likeness (QED) is 0.408. The zero-order valence-corrected chi connectivity index (χ0v) is 21.7. The number of piperazine rings is 1. The second-order valence-corrected chi connectivity index (χ2v) is 8.59. The average molecular weight is 523 g/mol. The number of nitrogens with zero attached hydrogens (tertiary/aromatic N) is 7. The van der Waals surface area contributed by atoms with Crippen LogP contribution in [0.25, 0.3) is 0 Å². The Bertz CT molecular complexity index is 1320. The van der Waals surface area contributed by atoms with Crippen molar-refractivity contribution in [2.45, 2.75) is 6.42 Å². The third-order valence-corrected chi connectivity index (χ3v) is 6.08. The van der Waals surface area contributed by atoms with Gasteiger partial charge in [-0.2, -0.15) is 5.10 Å². The number of anilines is 2. The van der Waals surface area contributed by atoms with Gasteiger partial charge in [0.05, 0.1) is 26.1 Å². The number of methoxy groups -OCH3 is 2. The van der Waals surface area contributed by atoms with Gasteiger partial charge in [0.1, 0.15) is 23.8 Å². The highest BCUT2D eigenvalue weighted by molar-refractivity contribution is 5.85. The van der Waals surface area contributed by atoms with Crippen LogP contribution >= 0.6 is 0 Å². The van der Waals surface area contributed by atoms with E-state index in [1.165, 1.54) is 31.3 Å². The van der Waals surface area contributed by atoms with Crippen LogP contribution in [-0.2, 0) is 18.3 Å². The molecule has 1 saturated heterocycles. The molecule has 0 aliphatic carbocycles. The maximum absolute atomic E-state index is 15.6. The first-order chi connectivity index (χ1) is 18.4. The highest BCUT2D eigenvalue weighted by Gasteiger charge is 2.26. The van der Waals surface area contributed by atoms with Gasteiger partial charge in [-0.25, -0.2) is 14.4 Å². The molecule has 1 N–H and O–H groups in total. The minimum absolute atomic E-state index is 0.0161. The number of rotatable bonds is 10. The standard InChI is InChI=1S/C26H31FN8O3/c1-28-26-20(30-8-7-18-15-31-33(2)16-18)5-6-23(32-26)35(17-24(36)34-11-9-29-10-12-34)21-13-19(37-3)14-22(38-4)25(21)27/h5-6,8,13-16,29H,1,7,9-12,17H2,2-4H3. The molecular weight excluding hydrogens is 491 g/mol. The maximum atomic E-state index is 15.6. The molecule has 1 aliphatic rings. The van der Waals surface area contributed by atoms with Crippen molar-refractivity contribution < 1.29 is 18.7 Å². The van der Waals surface area contributed by atoms with Gasteiger partial charge in [-0.3, -0.25) is 14.5 Å².